The monoisotopic (exact) mass is 197 g/mol. The molecule has 1 saturated heterocycles. The maximum atomic E-state index is 3.68. The van der Waals surface area contributed by atoms with Crippen molar-refractivity contribution in [3.63, 3.8) is 0 Å². The van der Waals surface area contributed by atoms with Gasteiger partial charge in [0.05, 0.1) is 0 Å². The summed E-state index contributed by atoms with van der Waals surface area (Å²) in [5.41, 5.74) is 0.454. The van der Waals surface area contributed by atoms with Gasteiger partial charge in [-0.1, -0.05) is 12.8 Å². The van der Waals surface area contributed by atoms with E-state index in [9.17, 15) is 0 Å². The van der Waals surface area contributed by atoms with Crippen molar-refractivity contribution >= 4 is 0 Å². The molecule has 82 valence electrons. The summed E-state index contributed by atoms with van der Waals surface area (Å²) in [4.78, 5) is 2.43. The first-order valence-electron chi connectivity index (χ1n) is 5.84. The van der Waals surface area contributed by atoms with Gasteiger partial charge < -0.3 is 15.5 Å². The van der Waals surface area contributed by atoms with Crippen LogP contribution in [0.1, 0.15) is 25.7 Å². The van der Waals surface area contributed by atoms with Gasteiger partial charge in [0, 0.05) is 31.2 Å². The van der Waals surface area contributed by atoms with Gasteiger partial charge >= 0.3 is 0 Å². The summed E-state index contributed by atoms with van der Waals surface area (Å²) in [5, 5.41) is 6.98. The van der Waals surface area contributed by atoms with E-state index >= 15 is 0 Å². The molecule has 2 N–H and O–H groups in total. The van der Waals surface area contributed by atoms with Gasteiger partial charge in [-0.2, -0.15) is 0 Å². The van der Waals surface area contributed by atoms with Gasteiger partial charge in [0.1, 0.15) is 0 Å². The Morgan fingerprint density at radius 2 is 1.93 bits per heavy atom. The molecule has 0 amide bonds. The molecule has 0 unspecified atom stereocenters. The van der Waals surface area contributed by atoms with Crippen LogP contribution in [0.4, 0.5) is 0 Å². The van der Waals surface area contributed by atoms with Crippen LogP contribution in [-0.2, 0) is 0 Å². The Morgan fingerprint density at radius 1 is 1.29 bits per heavy atom. The molecule has 14 heavy (non-hydrogen) atoms. The second kappa shape index (κ2) is 4.17. The first kappa shape index (κ1) is 10.4. The summed E-state index contributed by atoms with van der Waals surface area (Å²) in [7, 11) is 4.46. The van der Waals surface area contributed by atoms with Crippen LogP contribution in [0.2, 0.25) is 0 Å². The highest BCUT2D eigenvalue weighted by molar-refractivity contribution is 4.96. The molecule has 0 radical (unpaired) electrons. The predicted molar refractivity (Wildman–Crippen MR) is 59.5 cm³/mol. The van der Waals surface area contributed by atoms with Crippen LogP contribution >= 0.6 is 0 Å². The molecule has 3 heteroatoms. The number of rotatable bonds is 4. The number of nitrogens with one attached hydrogen (secondary N) is 2. The molecule has 0 bridgehead atoms. The average Bonchev–Trinajstić information content (AvgIpc) is 2.51. The quantitative estimate of drug-likeness (QED) is 0.684. The van der Waals surface area contributed by atoms with Gasteiger partial charge in [-0.3, -0.25) is 0 Å². The van der Waals surface area contributed by atoms with Crippen LogP contribution in [0.15, 0.2) is 0 Å². The fraction of sp³-hybridized carbons (Fsp3) is 1.00. The van der Waals surface area contributed by atoms with Crippen LogP contribution in [-0.4, -0.2) is 50.2 Å². The smallest absolute Gasteiger partial charge is 0.0328 e. The van der Waals surface area contributed by atoms with Crippen molar-refractivity contribution in [3.8, 4) is 0 Å². The Morgan fingerprint density at radius 3 is 2.36 bits per heavy atom. The van der Waals surface area contributed by atoms with Gasteiger partial charge in [0.2, 0.25) is 0 Å². The Labute approximate surface area is 87.2 Å². The summed E-state index contributed by atoms with van der Waals surface area (Å²) < 4.78 is 0. The molecule has 2 fully saturated rings. The highest BCUT2D eigenvalue weighted by atomic mass is 15.2. The lowest BCUT2D eigenvalue weighted by molar-refractivity contribution is 0.144. The fourth-order valence-corrected chi connectivity index (χ4v) is 2.58. The Hall–Kier alpha value is -0.120. The van der Waals surface area contributed by atoms with Gasteiger partial charge in [-0.15, -0.1) is 0 Å². The third-order valence-corrected chi connectivity index (χ3v) is 3.98. The van der Waals surface area contributed by atoms with Crippen LogP contribution in [0.5, 0.6) is 0 Å². The molecule has 1 aliphatic carbocycles. The van der Waals surface area contributed by atoms with E-state index in [1.807, 2.05) is 0 Å². The second-order valence-electron chi connectivity index (χ2n) is 5.06. The SMILES string of the molecule is CN(C)C1(CNC2CNC2)CCCC1. The number of hydrogen-bond donors (Lipinski definition) is 2. The van der Waals surface area contributed by atoms with E-state index in [-0.39, 0.29) is 0 Å². The summed E-state index contributed by atoms with van der Waals surface area (Å²) in [6, 6.07) is 0.729. The lowest BCUT2D eigenvalue weighted by Crippen LogP contribution is -2.60. The number of hydrogen-bond acceptors (Lipinski definition) is 3. The molecule has 0 aromatic rings. The van der Waals surface area contributed by atoms with Gasteiger partial charge in [-0.05, 0) is 26.9 Å². The second-order valence-corrected chi connectivity index (χ2v) is 5.06. The maximum absolute atomic E-state index is 3.68. The molecule has 1 aliphatic heterocycles. The van der Waals surface area contributed by atoms with E-state index in [2.05, 4.69) is 29.6 Å². The minimum atomic E-state index is 0.454. The molecule has 2 aliphatic rings. The fourth-order valence-electron chi connectivity index (χ4n) is 2.58. The normalized spacial score (nSPS) is 26.8. The molecule has 2 rings (SSSR count). The molecular formula is C11H23N3. The van der Waals surface area contributed by atoms with Gasteiger partial charge in [0.25, 0.3) is 0 Å². The highest BCUT2D eigenvalue weighted by Gasteiger charge is 2.36. The molecule has 0 aromatic heterocycles. The Bertz CT molecular complexity index is 181. The number of nitrogens with zero attached hydrogens (tertiary/aromatic N) is 1. The van der Waals surface area contributed by atoms with Crippen molar-refractivity contribution in [1.29, 1.82) is 0 Å². The topological polar surface area (TPSA) is 27.3 Å². The van der Waals surface area contributed by atoms with E-state index in [1.54, 1.807) is 0 Å². The molecular weight excluding hydrogens is 174 g/mol. The van der Waals surface area contributed by atoms with Crippen LogP contribution in [0.3, 0.4) is 0 Å². The third-order valence-electron chi connectivity index (χ3n) is 3.98. The zero-order valence-electron chi connectivity index (χ0n) is 9.47. The van der Waals surface area contributed by atoms with Crippen LogP contribution in [0.25, 0.3) is 0 Å². The Kier molecular flexibility index (Phi) is 3.10. The van der Waals surface area contributed by atoms with E-state index in [1.165, 1.54) is 32.2 Å². The van der Waals surface area contributed by atoms with Crippen molar-refractivity contribution in [2.45, 2.75) is 37.3 Å². The van der Waals surface area contributed by atoms with Crippen molar-refractivity contribution in [1.82, 2.24) is 15.5 Å². The van der Waals surface area contributed by atoms with E-state index in [0.717, 1.165) is 19.1 Å². The standard InChI is InChI=1S/C11H23N3/c1-14(2)11(5-3-4-6-11)9-13-10-7-12-8-10/h10,12-13H,3-9H2,1-2H3. The Balaban J connectivity index is 1.83. The maximum Gasteiger partial charge on any atom is 0.0328 e. The molecule has 0 aromatic carbocycles. The third kappa shape index (κ3) is 1.95. The average molecular weight is 197 g/mol. The summed E-state index contributed by atoms with van der Waals surface area (Å²) in [5.74, 6) is 0. The van der Waals surface area contributed by atoms with E-state index < -0.39 is 0 Å². The zero-order valence-corrected chi connectivity index (χ0v) is 9.47. The summed E-state index contributed by atoms with van der Waals surface area (Å²) in [6.45, 7) is 3.49. The van der Waals surface area contributed by atoms with Gasteiger partial charge in [-0.25, -0.2) is 0 Å². The van der Waals surface area contributed by atoms with Crippen molar-refractivity contribution < 1.29 is 0 Å². The highest BCUT2D eigenvalue weighted by Crippen LogP contribution is 2.33. The van der Waals surface area contributed by atoms with Crippen molar-refractivity contribution in [2.75, 3.05) is 33.7 Å². The summed E-state index contributed by atoms with van der Waals surface area (Å²) in [6.07, 6.45) is 5.55. The lowest BCUT2D eigenvalue weighted by atomic mass is 9.95. The largest absolute Gasteiger partial charge is 0.314 e. The van der Waals surface area contributed by atoms with E-state index in [4.69, 9.17) is 0 Å². The van der Waals surface area contributed by atoms with Gasteiger partial charge in [0.15, 0.2) is 0 Å². The first-order valence-corrected chi connectivity index (χ1v) is 5.84. The first-order chi connectivity index (χ1) is 6.73. The molecule has 3 nitrogen and oxygen atoms in total. The molecule has 1 heterocycles. The zero-order chi connectivity index (χ0) is 10.0. The minimum absolute atomic E-state index is 0.454. The summed E-state index contributed by atoms with van der Waals surface area (Å²) >= 11 is 0. The van der Waals surface area contributed by atoms with E-state index in [0.29, 0.717) is 5.54 Å². The van der Waals surface area contributed by atoms with Crippen LogP contribution < -0.4 is 10.6 Å². The minimum Gasteiger partial charge on any atom is -0.314 e. The predicted octanol–water partition coefficient (Wildman–Crippen LogP) is 0.422. The van der Waals surface area contributed by atoms with Crippen LogP contribution in [0, 0.1) is 0 Å². The molecule has 1 saturated carbocycles. The molecule has 0 spiro atoms. The van der Waals surface area contributed by atoms with Crippen molar-refractivity contribution in [2.24, 2.45) is 0 Å². The lowest BCUT2D eigenvalue weighted by Gasteiger charge is -2.39. The molecule has 0 atom stereocenters. The van der Waals surface area contributed by atoms with Crippen molar-refractivity contribution in [3.05, 3.63) is 0 Å². The number of likely N-dealkylation sites (N-methyl/N-ethyl adjacent to an activating group) is 1.